The maximum atomic E-state index is 12.2. The van der Waals surface area contributed by atoms with Crippen molar-refractivity contribution in [3.63, 3.8) is 0 Å². The molecule has 3 aromatic heterocycles. The molecular weight excluding hydrogens is 368 g/mol. The summed E-state index contributed by atoms with van der Waals surface area (Å²) in [6.07, 6.45) is 4.43. The Hall–Kier alpha value is -4.27. The molecule has 0 saturated heterocycles. The van der Waals surface area contributed by atoms with E-state index < -0.39 is 0 Å². The summed E-state index contributed by atoms with van der Waals surface area (Å²) in [6, 6.07) is 12.9. The SMILES string of the molecule is Cc1ccc2c(Nc3ncnc(NNC(=O)c4ccncc4)c3N)cccc2n1. The Morgan fingerprint density at radius 1 is 1.00 bits per heavy atom. The van der Waals surface area contributed by atoms with Crippen LogP contribution in [0.5, 0.6) is 0 Å². The highest BCUT2D eigenvalue weighted by Gasteiger charge is 2.12. The van der Waals surface area contributed by atoms with Crippen molar-refractivity contribution in [1.29, 1.82) is 0 Å². The number of nitrogens with two attached hydrogens (primary N) is 1. The first-order chi connectivity index (χ1) is 14.1. The summed E-state index contributed by atoms with van der Waals surface area (Å²) in [5.41, 5.74) is 14.8. The maximum absolute atomic E-state index is 12.2. The van der Waals surface area contributed by atoms with E-state index in [1.54, 1.807) is 12.1 Å². The topological polar surface area (TPSA) is 131 Å². The molecule has 0 atom stereocenters. The number of carbonyl (C=O) groups is 1. The van der Waals surface area contributed by atoms with E-state index in [0.29, 0.717) is 11.4 Å². The Kier molecular flexibility index (Phi) is 4.85. The number of nitrogens with zero attached hydrogens (tertiary/aromatic N) is 4. The smallest absolute Gasteiger partial charge is 0.269 e. The van der Waals surface area contributed by atoms with Crippen LogP contribution in [-0.2, 0) is 0 Å². The number of anilines is 4. The molecule has 5 N–H and O–H groups in total. The lowest BCUT2D eigenvalue weighted by molar-refractivity contribution is 0.0962. The van der Waals surface area contributed by atoms with Crippen LogP contribution in [0.3, 0.4) is 0 Å². The fourth-order valence-electron chi connectivity index (χ4n) is 2.78. The van der Waals surface area contributed by atoms with E-state index in [4.69, 9.17) is 5.73 Å². The van der Waals surface area contributed by atoms with Gasteiger partial charge in [0.25, 0.3) is 5.91 Å². The third-order valence-corrected chi connectivity index (χ3v) is 4.25. The molecule has 0 aliphatic rings. The quantitative estimate of drug-likeness (QED) is 0.385. The highest BCUT2D eigenvalue weighted by molar-refractivity contribution is 5.96. The lowest BCUT2D eigenvalue weighted by Crippen LogP contribution is -2.30. The third kappa shape index (κ3) is 3.88. The standard InChI is InChI=1S/C20H18N8O/c1-12-5-6-14-15(25-12)3-2-4-16(14)26-18-17(21)19(24-11-23-18)27-28-20(29)13-7-9-22-10-8-13/h2-11H,21H2,1H3,(H,28,29)(H2,23,24,26,27). The number of aryl methyl sites for hydroxylation is 1. The fraction of sp³-hybridized carbons (Fsp3) is 0.0500. The second kappa shape index (κ2) is 7.77. The number of hydrazine groups is 1. The fourth-order valence-corrected chi connectivity index (χ4v) is 2.78. The normalized spacial score (nSPS) is 10.5. The zero-order chi connectivity index (χ0) is 20.2. The summed E-state index contributed by atoms with van der Waals surface area (Å²) in [6.45, 7) is 1.94. The summed E-state index contributed by atoms with van der Waals surface area (Å²) in [7, 11) is 0. The van der Waals surface area contributed by atoms with E-state index in [1.807, 2.05) is 37.3 Å². The number of amides is 1. The van der Waals surface area contributed by atoms with E-state index in [-0.39, 0.29) is 17.4 Å². The first-order valence-electron chi connectivity index (χ1n) is 8.82. The molecule has 29 heavy (non-hydrogen) atoms. The van der Waals surface area contributed by atoms with Gasteiger partial charge in [-0.15, -0.1) is 0 Å². The van der Waals surface area contributed by atoms with Gasteiger partial charge in [-0.2, -0.15) is 0 Å². The minimum atomic E-state index is -0.338. The van der Waals surface area contributed by atoms with E-state index in [9.17, 15) is 4.79 Å². The molecule has 9 heteroatoms. The number of benzene rings is 1. The van der Waals surface area contributed by atoms with Crippen LogP contribution in [-0.4, -0.2) is 25.8 Å². The number of aromatic nitrogens is 4. The minimum absolute atomic E-state index is 0.264. The first kappa shape index (κ1) is 18.1. The van der Waals surface area contributed by atoms with E-state index >= 15 is 0 Å². The molecule has 0 saturated carbocycles. The number of nitrogen functional groups attached to an aromatic ring is 1. The third-order valence-electron chi connectivity index (χ3n) is 4.25. The lowest BCUT2D eigenvalue weighted by Gasteiger charge is -2.14. The van der Waals surface area contributed by atoms with E-state index in [2.05, 4.69) is 36.1 Å². The Morgan fingerprint density at radius 3 is 2.62 bits per heavy atom. The van der Waals surface area contributed by atoms with Gasteiger partial charge in [0.15, 0.2) is 11.6 Å². The van der Waals surface area contributed by atoms with Crippen LogP contribution in [0.2, 0.25) is 0 Å². The van der Waals surface area contributed by atoms with Gasteiger partial charge in [0.1, 0.15) is 12.0 Å². The monoisotopic (exact) mass is 386 g/mol. The Balaban J connectivity index is 1.55. The predicted molar refractivity (Wildman–Crippen MR) is 112 cm³/mol. The van der Waals surface area contributed by atoms with Crippen molar-refractivity contribution in [2.24, 2.45) is 0 Å². The summed E-state index contributed by atoms with van der Waals surface area (Å²) in [5, 5.41) is 4.16. The Morgan fingerprint density at radius 2 is 1.79 bits per heavy atom. The number of pyridine rings is 2. The van der Waals surface area contributed by atoms with Gasteiger partial charge in [0, 0.05) is 34.7 Å². The zero-order valence-corrected chi connectivity index (χ0v) is 15.5. The number of nitrogens with one attached hydrogen (secondary N) is 3. The van der Waals surface area contributed by atoms with Crippen LogP contribution in [0.1, 0.15) is 16.1 Å². The second-order valence-electron chi connectivity index (χ2n) is 6.25. The first-order valence-corrected chi connectivity index (χ1v) is 8.82. The molecule has 3 heterocycles. The van der Waals surface area contributed by atoms with Gasteiger partial charge in [0.2, 0.25) is 0 Å². The number of carbonyl (C=O) groups excluding carboxylic acids is 1. The van der Waals surface area contributed by atoms with Crippen molar-refractivity contribution in [3.05, 3.63) is 72.4 Å². The van der Waals surface area contributed by atoms with Gasteiger partial charge < -0.3 is 11.1 Å². The van der Waals surface area contributed by atoms with Crippen LogP contribution in [0, 0.1) is 6.92 Å². The van der Waals surface area contributed by atoms with Crippen LogP contribution < -0.4 is 21.9 Å². The van der Waals surface area contributed by atoms with Gasteiger partial charge in [-0.1, -0.05) is 6.07 Å². The molecule has 4 rings (SSSR count). The molecule has 1 amide bonds. The van der Waals surface area contributed by atoms with Crippen molar-refractivity contribution in [2.45, 2.75) is 6.92 Å². The number of fused-ring (bicyclic) bond motifs is 1. The van der Waals surface area contributed by atoms with Crippen LogP contribution in [0.15, 0.2) is 61.2 Å². The van der Waals surface area contributed by atoms with Crippen molar-refractivity contribution in [2.75, 3.05) is 16.5 Å². The minimum Gasteiger partial charge on any atom is -0.393 e. The molecule has 0 unspecified atom stereocenters. The van der Waals surface area contributed by atoms with Crippen molar-refractivity contribution in [3.8, 4) is 0 Å². The number of hydrogen-bond acceptors (Lipinski definition) is 8. The van der Waals surface area contributed by atoms with Crippen molar-refractivity contribution >= 4 is 39.8 Å². The summed E-state index contributed by atoms with van der Waals surface area (Å²) >= 11 is 0. The lowest BCUT2D eigenvalue weighted by atomic mass is 10.1. The van der Waals surface area contributed by atoms with Gasteiger partial charge in [-0.3, -0.25) is 25.6 Å². The largest absolute Gasteiger partial charge is 0.393 e. The van der Waals surface area contributed by atoms with Gasteiger partial charge in [-0.25, -0.2) is 9.97 Å². The summed E-state index contributed by atoms with van der Waals surface area (Å²) in [5.74, 6) is 0.350. The summed E-state index contributed by atoms with van der Waals surface area (Å²) < 4.78 is 0. The molecule has 0 aliphatic heterocycles. The van der Waals surface area contributed by atoms with E-state index in [1.165, 1.54) is 18.7 Å². The Bertz CT molecular complexity index is 1180. The second-order valence-corrected chi connectivity index (χ2v) is 6.25. The molecule has 1 aromatic carbocycles. The molecule has 0 spiro atoms. The van der Waals surface area contributed by atoms with Crippen molar-refractivity contribution < 1.29 is 4.79 Å². The maximum Gasteiger partial charge on any atom is 0.269 e. The summed E-state index contributed by atoms with van der Waals surface area (Å²) in [4.78, 5) is 28.9. The zero-order valence-electron chi connectivity index (χ0n) is 15.5. The molecule has 144 valence electrons. The van der Waals surface area contributed by atoms with Gasteiger partial charge in [0.05, 0.1) is 5.52 Å². The van der Waals surface area contributed by atoms with Crippen LogP contribution in [0.25, 0.3) is 10.9 Å². The molecule has 0 aliphatic carbocycles. The molecule has 4 aromatic rings. The van der Waals surface area contributed by atoms with Gasteiger partial charge >= 0.3 is 0 Å². The van der Waals surface area contributed by atoms with Gasteiger partial charge in [-0.05, 0) is 43.3 Å². The number of rotatable bonds is 5. The molecule has 9 nitrogen and oxygen atoms in total. The Labute approximate surface area is 166 Å². The van der Waals surface area contributed by atoms with E-state index in [0.717, 1.165) is 22.3 Å². The van der Waals surface area contributed by atoms with Crippen LogP contribution >= 0.6 is 0 Å². The van der Waals surface area contributed by atoms with Crippen molar-refractivity contribution in [1.82, 2.24) is 25.4 Å². The predicted octanol–water partition coefficient (Wildman–Crippen LogP) is 2.81. The molecule has 0 radical (unpaired) electrons. The molecular formula is C20H18N8O. The molecule has 0 bridgehead atoms. The number of hydrogen-bond donors (Lipinski definition) is 4. The highest BCUT2D eigenvalue weighted by Crippen LogP contribution is 2.29. The highest BCUT2D eigenvalue weighted by atomic mass is 16.2. The average molecular weight is 386 g/mol. The molecule has 0 fully saturated rings. The van der Waals surface area contributed by atoms with Crippen LogP contribution in [0.4, 0.5) is 23.0 Å². The average Bonchev–Trinajstić information content (AvgIpc) is 2.74.